The van der Waals surface area contributed by atoms with Crippen LogP contribution in [0.25, 0.3) is 0 Å². The van der Waals surface area contributed by atoms with Crippen molar-refractivity contribution < 1.29 is 9.53 Å². The Morgan fingerprint density at radius 3 is 2.29 bits per heavy atom. The van der Waals surface area contributed by atoms with Crippen LogP contribution in [0.2, 0.25) is 0 Å². The molecule has 0 heterocycles. The lowest BCUT2D eigenvalue weighted by atomic mass is 9.85. The fourth-order valence-electron chi connectivity index (χ4n) is 1.50. The van der Waals surface area contributed by atoms with E-state index in [1.165, 1.54) is 0 Å². The molecule has 1 aliphatic carbocycles. The van der Waals surface area contributed by atoms with Crippen LogP contribution in [0.5, 0.6) is 0 Å². The topological polar surface area (TPSA) is 52.3 Å². The first-order valence-electron chi connectivity index (χ1n) is 4.98. The van der Waals surface area contributed by atoms with Gasteiger partial charge in [-0.05, 0) is 33.6 Å². The molecule has 0 aliphatic heterocycles. The van der Waals surface area contributed by atoms with Gasteiger partial charge >= 0.3 is 5.97 Å². The van der Waals surface area contributed by atoms with Crippen molar-refractivity contribution in [2.75, 3.05) is 6.54 Å². The number of hydrogen-bond donors (Lipinski definition) is 1. The van der Waals surface area contributed by atoms with E-state index in [0.29, 0.717) is 19.4 Å². The van der Waals surface area contributed by atoms with E-state index in [1.54, 1.807) is 0 Å². The standard InChI is InChI=1S/C11H19NO2/c1-10(2,3)14-9(13)11(8-12)6-4-5-7-11/h4-5H,6-8,12H2,1-3H3. The maximum absolute atomic E-state index is 11.9. The fraction of sp³-hybridized carbons (Fsp3) is 0.727. The highest BCUT2D eigenvalue weighted by Crippen LogP contribution is 2.34. The Hall–Kier alpha value is -0.830. The number of nitrogens with two attached hydrogens (primary N) is 1. The summed E-state index contributed by atoms with van der Waals surface area (Å²) in [7, 11) is 0. The summed E-state index contributed by atoms with van der Waals surface area (Å²) in [5.41, 5.74) is 4.73. The quantitative estimate of drug-likeness (QED) is 0.540. The summed E-state index contributed by atoms with van der Waals surface area (Å²) < 4.78 is 5.36. The van der Waals surface area contributed by atoms with Gasteiger partial charge in [0.2, 0.25) is 0 Å². The third-order valence-corrected chi connectivity index (χ3v) is 2.41. The van der Waals surface area contributed by atoms with Gasteiger partial charge in [0.15, 0.2) is 0 Å². The smallest absolute Gasteiger partial charge is 0.314 e. The summed E-state index contributed by atoms with van der Waals surface area (Å²) in [6, 6.07) is 0. The molecule has 14 heavy (non-hydrogen) atoms. The average molecular weight is 197 g/mol. The van der Waals surface area contributed by atoms with Crippen LogP contribution in [-0.2, 0) is 9.53 Å². The molecule has 1 aliphatic rings. The Balaban J connectivity index is 2.67. The molecule has 2 N–H and O–H groups in total. The fourth-order valence-corrected chi connectivity index (χ4v) is 1.50. The lowest BCUT2D eigenvalue weighted by Gasteiger charge is -2.29. The zero-order valence-electron chi connectivity index (χ0n) is 9.17. The van der Waals surface area contributed by atoms with E-state index in [2.05, 4.69) is 0 Å². The summed E-state index contributed by atoms with van der Waals surface area (Å²) in [6.07, 6.45) is 5.41. The second-order valence-electron chi connectivity index (χ2n) is 4.87. The van der Waals surface area contributed by atoms with E-state index in [9.17, 15) is 4.79 Å². The summed E-state index contributed by atoms with van der Waals surface area (Å²) in [5, 5.41) is 0. The van der Waals surface area contributed by atoms with Crippen LogP contribution in [0.3, 0.4) is 0 Å². The van der Waals surface area contributed by atoms with Gasteiger partial charge in [0, 0.05) is 6.54 Å². The Morgan fingerprint density at radius 2 is 1.93 bits per heavy atom. The Labute approximate surface area is 85.3 Å². The molecule has 0 saturated carbocycles. The molecule has 0 spiro atoms. The van der Waals surface area contributed by atoms with Crippen molar-refractivity contribution in [2.24, 2.45) is 11.1 Å². The highest BCUT2D eigenvalue weighted by Gasteiger charge is 2.40. The maximum Gasteiger partial charge on any atom is 0.314 e. The van der Waals surface area contributed by atoms with E-state index in [4.69, 9.17) is 10.5 Å². The molecule has 0 fully saturated rings. The lowest BCUT2D eigenvalue weighted by Crippen LogP contribution is -2.41. The van der Waals surface area contributed by atoms with Crippen LogP contribution < -0.4 is 5.73 Å². The van der Waals surface area contributed by atoms with Crippen molar-refractivity contribution in [2.45, 2.75) is 39.2 Å². The lowest BCUT2D eigenvalue weighted by molar-refractivity contribution is -0.166. The number of hydrogen-bond acceptors (Lipinski definition) is 3. The van der Waals surface area contributed by atoms with Crippen LogP contribution >= 0.6 is 0 Å². The number of carbonyl (C=O) groups is 1. The molecule has 0 amide bonds. The minimum absolute atomic E-state index is 0.169. The number of esters is 1. The first-order chi connectivity index (χ1) is 6.40. The first kappa shape index (κ1) is 11.2. The molecule has 80 valence electrons. The molecule has 1 rings (SSSR count). The van der Waals surface area contributed by atoms with Gasteiger partial charge in [-0.3, -0.25) is 4.79 Å². The molecular weight excluding hydrogens is 178 g/mol. The number of ether oxygens (including phenoxy) is 1. The molecule has 0 radical (unpaired) electrons. The van der Waals surface area contributed by atoms with Gasteiger partial charge in [-0.2, -0.15) is 0 Å². The predicted octanol–water partition coefficient (Wildman–Crippen LogP) is 1.62. The van der Waals surface area contributed by atoms with Crippen molar-refractivity contribution in [3.63, 3.8) is 0 Å². The minimum atomic E-state index is -0.493. The molecule has 0 atom stereocenters. The Bertz CT molecular complexity index is 243. The maximum atomic E-state index is 11.9. The predicted molar refractivity (Wildman–Crippen MR) is 55.7 cm³/mol. The van der Waals surface area contributed by atoms with Crippen molar-refractivity contribution in [1.29, 1.82) is 0 Å². The molecule has 0 saturated heterocycles. The third kappa shape index (κ3) is 2.35. The van der Waals surface area contributed by atoms with E-state index < -0.39 is 11.0 Å². The van der Waals surface area contributed by atoms with E-state index in [-0.39, 0.29) is 5.97 Å². The van der Waals surface area contributed by atoms with Gasteiger partial charge < -0.3 is 10.5 Å². The Kier molecular flexibility index (Phi) is 3.00. The van der Waals surface area contributed by atoms with E-state index >= 15 is 0 Å². The number of allylic oxidation sites excluding steroid dienone is 2. The van der Waals surface area contributed by atoms with E-state index in [0.717, 1.165) is 0 Å². The largest absolute Gasteiger partial charge is 0.459 e. The molecule has 0 aromatic carbocycles. The molecular formula is C11H19NO2. The number of carbonyl (C=O) groups excluding carboxylic acids is 1. The van der Waals surface area contributed by atoms with Gasteiger partial charge in [-0.15, -0.1) is 0 Å². The SMILES string of the molecule is CC(C)(C)OC(=O)C1(CN)CC=CC1. The average Bonchev–Trinajstić information content (AvgIpc) is 2.49. The molecule has 0 aromatic rings. The summed E-state index contributed by atoms with van der Waals surface area (Å²) >= 11 is 0. The van der Waals surface area contributed by atoms with Crippen LogP contribution in [0, 0.1) is 5.41 Å². The van der Waals surface area contributed by atoms with Crippen molar-refractivity contribution in [3.8, 4) is 0 Å². The van der Waals surface area contributed by atoms with Gasteiger partial charge in [0.05, 0.1) is 5.41 Å². The zero-order valence-corrected chi connectivity index (χ0v) is 9.17. The molecule has 0 aromatic heterocycles. The van der Waals surface area contributed by atoms with Crippen LogP contribution in [0.4, 0.5) is 0 Å². The molecule has 3 nitrogen and oxygen atoms in total. The highest BCUT2D eigenvalue weighted by atomic mass is 16.6. The summed E-state index contributed by atoms with van der Waals surface area (Å²) in [5.74, 6) is -0.169. The molecule has 0 bridgehead atoms. The Morgan fingerprint density at radius 1 is 1.43 bits per heavy atom. The monoisotopic (exact) mass is 197 g/mol. The van der Waals surface area contributed by atoms with Gasteiger partial charge in [-0.25, -0.2) is 0 Å². The van der Waals surface area contributed by atoms with Crippen molar-refractivity contribution in [1.82, 2.24) is 0 Å². The highest BCUT2D eigenvalue weighted by molar-refractivity contribution is 5.78. The van der Waals surface area contributed by atoms with Crippen LogP contribution in [-0.4, -0.2) is 18.1 Å². The summed E-state index contributed by atoms with van der Waals surface area (Å²) in [4.78, 5) is 11.9. The van der Waals surface area contributed by atoms with Gasteiger partial charge in [0.25, 0.3) is 0 Å². The first-order valence-corrected chi connectivity index (χ1v) is 4.98. The van der Waals surface area contributed by atoms with Crippen LogP contribution in [0.15, 0.2) is 12.2 Å². The van der Waals surface area contributed by atoms with Crippen molar-refractivity contribution >= 4 is 5.97 Å². The van der Waals surface area contributed by atoms with E-state index in [1.807, 2.05) is 32.9 Å². The van der Waals surface area contributed by atoms with Gasteiger partial charge in [-0.1, -0.05) is 12.2 Å². The normalized spacial score (nSPS) is 19.7. The minimum Gasteiger partial charge on any atom is -0.459 e. The third-order valence-electron chi connectivity index (χ3n) is 2.41. The van der Waals surface area contributed by atoms with Crippen molar-refractivity contribution in [3.05, 3.63) is 12.2 Å². The summed E-state index contributed by atoms with van der Waals surface area (Å²) in [6.45, 7) is 5.97. The van der Waals surface area contributed by atoms with Gasteiger partial charge in [0.1, 0.15) is 5.60 Å². The molecule has 0 unspecified atom stereocenters. The zero-order chi connectivity index (χ0) is 10.8. The number of rotatable bonds is 2. The second kappa shape index (κ2) is 3.73. The second-order valence-corrected chi connectivity index (χ2v) is 4.87. The van der Waals surface area contributed by atoms with Crippen LogP contribution in [0.1, 0.15) is 33.6 Å². The molecule has 3 heteroatoms.